The third kappa shape index (κ3) is 2.25. The second-order valence-electron chi connectivity index (χ2n) is 6.01. The van der Waals surface area contributed by atoms with Crippen molar-refractivity contribution < 1.29 is 0 Å². The van der Waals surface area contributed by atoms with Gasteiger partial charge in [0.25, 0.3) is 0 Å². The number of rotatable bonds is 3. The number of nitrogens with zero attached hydrogens (tertiary/aromatic N) is 2. The van der Waals surface area contributed by atoms with Crippen molar-refractivity contribution in [1.82, 2.24) is 15.0 Å². The summed E-state index contributed by atoms with van der Waals surface area (Å²) in [6.07, 6.45) is 2.64. The summed E-state index contributed by atoms with van der Waals surface area (Å²) >= 11 is 0. The summed E-state index contributed by atoms with van der Waals surface area (Å²) in [4.78, 5) is 11.3. The molecular formula is C19H17N5. The van der Waals surface area contributed by atoms with Crippen LogP contribution in [0.15, 0.2) is 36.5 Å². The van der Waals surface area contributed by atoms with Gasteiger partial charge in [-0.15, -0.1) is 0 Å². The van der Waals surface area contributed by atoms with E-state index >= 15 is 0 Å². The Morgan fingerprint density at radius 3 is 2.92 bits per heavy atom. The molecule has 0 atom stereocenters. The molecule has 4 aromatic rings. The molecule has 0 radical (unpaired) electrons. The van der Waals surface area contributed by atoms with Crippen LogP contribution in [0.4, 0.5) is 0 Å². The van der Waals surface area contributed by atoms with Crippen molar-refractivity contribution in [1.29, 1.82) is 5.26 Å². The standard InChI is InChI=1S/C19H17N5/c1-11-6-13(10-21)15(14-4-5-22-19(11)14)8-18-23-16-3-2-12(9-20)7-17(16)24-18/h2-7,22H,8,10,21H2,1H3,(H,23,24). The van der Waals surface area contributed by atoms with E-state index in [2.05, 4.69) is 40.1 Å². The minimum atomic E-state index is 0.496. The number of aromatic nitrogens is 3. The van der Waals surface area contributed by atoms with Gasteiger partial charge in [-0.2, -0.15) is 5.26 Å². The fourth-order valence-electron chi connectivity index (χ4n) is 3.31. The monoisotopic (exact) mass is 315 g/mol. The lowest BCUT2D eigenvalue weighted by Crippen LogP contribution is -2.04. The molecule has 0 aliphatic carbocycles. The molecule has 0 aliphatic rings. The van der Waals surface area contributed by atoms with Gasteiger partial charge >= 0.3 is 0 Å². The first-order valence-corrected chi connectivity index (χ1v) is 7.87. The predicted molar refractivity (Wildman–Crippen MR) is 94.5 cm³/mol. The Kier molecular flexibility index (Phi) is 3.33. The number of nitriles is 1. The van der Waals surface area contributed by atoms with Crippen molar-refractivity contribution >= 4 is 21.9 Å². The van der Waals surface area contributed by atoms with E-state index in [0.717, 1.165) is 27.9 Å². The van der Waals surface area contributed by atoms with Crippen LogP contribution in [0.5, 0.6) is 0 Å². The van der Waals surface area contributed by atoms with Crippen LogP contribution in [0.25, 0.3) is 21.9 Å². The number of benzene rings is 2. The van der Waals surface area contributed by atoms with Crippen LogP contribution in [-0.2, 0) is 13.0 Å². The largest absolute Gasteiger partial charge is 0.361 e. The average molecular weight is 315 g/mol. The molecule has 0 amide bonds. The first-order valence-electron chi connectivity index (χ1n) is 7.87. The number of hydrogen-bond donors (Lipinski definition) is 3. The highest BCUT2D eigenvalue weighted by atomic mass is 14.9. The maximum absolute atomic E-state index is 9.02. The first kappa shape index (κ1) is 14.5. The van der Waals surface area contributed by atoms with E-state index < -0.39 is 0 Å². The van der Waals surface area contributed by atoms with Gasteiger partial charge in [-0.1, -0.05) is 6.07 Å². The number of H-pyrrole nitrogens is 2. The van der Waals surface area contributed by atoms with E-state index in [0.29, 0.717) is 18.5 Å². The van der Waals surface area contributed by atoms with Gasteiger partial charge in [0.05, 0.1) is 22.7 Å². The van der Waals surface area contributed by atoms with Crippen LogP contribution in [0.2, 0.25) is 0 Å². The molecule has 0 spiro atoms. The van der Waals surface area contributed by atoms with Gasteiger partial charge in [0, 0.05) is 30.1 Å². The van der Waals surface area contributed by atoms with Crippen molar-refractivity contribution in [3.63, 3.8) is 0 Å². The third-order valence-corrected chi connectivity index (χ3v) is 4.47. The Balaban J connectivity index is 1.83. The van der Waals surface area contributed by atoms with Crippen LogP contribution in [0.3, 0.4) is 0 Å². The van der Waals surface area contributed by atoms with Crippen molar-refractivity contribution in [2.45, 2.75) is 19.9 Å². The molecule has 5 heteroatoms. The number of nitrogens with two attached hydrogens (primary N) is 1. The summed E-state index contributed by atoms with van der Waals surface area (Å²) in [5.41, 5.74) is 13.0. The van der Waals surface area contributed by atoms with E-state index in [1.165, 1.54) is 16.5 Å². The molecular weight excluding hydrogens is 298 g/mol. The molecule has 2 aromatic carbocycles. The van der Waals surface area contributed by atoms with E-state index in [1.54, 1.807) is 12.1 Å². The SMILES string of the molecule is Cc1cc(CN)c(Cc2nc3cc(C#N)ccc3[nH]2)c2cc[nH]c12. The van der Waals surface area contributed by atoms with E-state index in [4.69, 9.17) is 11.0 Å². The number of aromatic amines is 2. The molecule has 2 aromatic heterocycles. The molecule has 4 N–H and O–H groups in total. The van der Waals surface area contributed by atoms with E-state index in [9.17, 15) is 0 Å². The Morgan fingerprint density at radius 2 is 2.12 bits per heavy atom. The fraction of sp³-hybridized carbons (Fsp3) is 0.158. The molecule has 0 fully saturated rings. The summed E-state index contributed by atoms with van der Waals surface area (Å²) < 4.78 is 0. The van der Waals surface area contributed by atoms with Gasteiger partial charge in [-0.05, 0) is 47.9 Å². The second kappa shape index (κ2) is 5.52. The molecule has 5 nitrogen and oxygen atoms in total. The van der Waals surface area contributed by atoms with Crippen molar-refractivity contribution in [2.24, 2.45) is 5.73 Å². The zero-order valence-electron chi connectivity index (χ0n) is 13.4. The lowest BCUT2D eigenvalue weighted by Gasteiger charge is -2.10. The molecule has 118 valence electrons. The highest BCUT2D eigenvalue weighted by Gasteiger charge is 2.13. The van der Waals surface area contributed by atoms with E-state index in [1.807, 2.05) is 12.3 Å². The fourth-order valence-corrected chi connectivity index (χ4v) is 3.31. The van der Waals surface area contributed by atoms with Crippen molar-refractivity contribution in [3.05, 3.63) is 64.6 Å². The maximum Gasteiger partial charge on any atom is 0.111 e. The van der Waals surface area contributed by atoms with Crippen molar-refractivity contribution in [2.75, 3.05) is 0 Å². The maximum atomic E-state index is 9.02. The third-order valence-electron chi connectivity index (χ3n) is 4.47. The van der Waals surface area contributed by atoms with Gasteiger partial charge in [-0.25, -0.2) is 4.98 Å². The Hall–Kier alpha value is -3.10. The summed E-state index contributed by atoms with van der Waals surface area (Å²) in [7, 11) is 0. The molecule has 0 saturated heterocycles. The van der Waals surface area contributed by atoms with Gasteiger partial charge in [0.2, 0.25) is 0 Å². The number of imidazole rings is 1. The number of hydrogen-bond acceptors (Lipinski definition) is 3. The van der Waals surface area contributed by atoms with Gasteiger partial charge in [0.1, 0.15) is 5.82 Å². The normalized spacial score (nSPS) is 11.2. The van der Waals surface area contributed by atoms with Crippen LogP contribution in [-0.4, -0.2) is 15.0 Å². The topological polar surface area (TPSA) is 94.3 Å². The first-order chi connectivity index (χ1) is 11.7. The molecule has 0 bridgehead atoms. The van der Waals surface area contributed by atoms with Crippen LogP contribution < -0.4 is 5.73 Å². The lowest BCUT2D eigenvalue weighted by molar-refractivity contribution is 0.985. The second-order valence-corrected chi connectivity index (χ2v) is 6.01. The molecule has 4 rings (SSSR count). The van der Waals surface area contributed by atoms with Crippen molar-refractivity contribution in [3.8, 4) is 6.07 Å². The molecule has 0 saturated carbocycles. The van der Waals surface area contributed by atoms with Gasteiger partial charge in [0.15, 0.2) is 0 Å². The van der Waals surface area contributed by atoms with E-state index in [-0.39, 0.29) is 0 Å². The summed E-state index contributed by atoms with van der Waals surface area (Å²) in [6, 6.07) is 11.9. The van der Waals surface area contributed by atoms with Crippen LogP contribution in [0, 0.1) is 18.3 Å². The number of nitrogens with one attached hydrogen (secondary N) is 2. The average Bonchev–Trinajstić information content (AvgIpc) is 3.22. The smallest absolute Gasteiger partial charge is 0.111 e. The van der Waals surface area contributed by atoms with Crippen LogP contribution >= 0.6 is 0 Å². The number of aryl methyl sites for hydroxylation is 1. The minimum Gasteiger partial charge on any atom is -0.361 e. The Morgan fingerprint density at radius 1 is 1.25 bits per heavy atom. The zero-order valence-corrected chi connectivity index (χ0v) is 13.4. The van der Waals surface area contributed by atoms with Gasteiger partial charge in [-0.3, -0.25) is 0 Å². The van der Waals surface area contributed by atoms with Gasteiger partial charge < -0.3 is 15.7 Å². The Labute approximate surface area is 139 Å². The summed E-state index contributed by atoms with van der Waals surface area (Å²) in [6.45, 7) is 2.59. The highest BCUT2D eigenvalue weighted by molar-refractivity contribution is 5.87. The Bertz CT molecular complexity index is 1090. The molecule has 0 aliphatic heterocycles. The lowest BCUT2D eigenvalue weighted by atomic mass is 9.97. The highest BCUT2D eigenvalue weighted by Crippen LogP contribution is 2.27. The molecule has 0 unspecified atom stereocenters. The summed E-state index contributed by atoms with van der Waals surface area (Å²) in [5, 5.41) is 10.2. The molecule has 24 heavy (non-hydrogen) atoms. The zero-order chi connectivity index (χ0) is 16.7. The van der Waals surface area contributed by atoms with Crippen LogP contribution in [0.1, 0.15) is 28.1 Å². The predicted octanol–water partition coefficient (Wildman–Crippen LogP) is 3.27. The summed E-state index contributed by atoms with van der Waals surface area (Å²) in [5.74, 6) is 0.876. The quantitative estimate of drug-likeness (QED) is 0.541. The minimum absolute atomic E-state index is 0.496. The number of fused-ring (bicyclic) bond motifs is 2. The molecule has 2 heterocycles.